The third-order valence-corrected chi connectivity index (χ3v) is 5.05. The maximum Gasteiger partial charge on any atom is 0.0631 e. The molecule has 0 saturated carbocycles. The monoisotopic (exact) mass is 399 g/mol. The summed E-state index contributed by atoms with van der Waals surface area (Å²) in [6, 6.07) is 28.3. The summed E-state index contributed by atoms with van der Waals surface area (Å²) < 4.78 is 2.19. The topological polar surface area (TPSA) is 29.3 Å². The molecule has 1 aromatic heterocycles. The van der Waals surface area contributed by atoms with E-state index < -0.39 is 0 Å². The highest BCUT2D eigenvalue weighted by atomic mass is 35.5. The Bertz CT molecular complexity index is 1140. The molecule has 0 aliphatic rings. The zero-order chi connectivity index (χ0) is 20.2. The molecule has 1 heterocycles. The van der Waals surface area contributed by atoms with E-state index >= 15 is 0 Å². The Labute approximate surface area is 176 Å². The number of aromatic nitrogens is 1. The number of aliphatic imine (C=N–C) groups is 1. The minimum absolute atomic E-state index is 0.731. The predicted molar refractivity (Wildman–Crippen MR) is 124 cm³/mol. The van der Waals surface area contributed by atoms with Crippen molar-refractivity contribution in [2.24, 2.45) is 4.99 Å². The van der Waals surface area contributed by atoms with Crippen LogP contribution in [0.3, 0.4) is 0 Å². The summed E-state index contributed by atoms with van der Waals surface area (Å²) in [5.41, 5.74) is 7.45. The van der Waals surface area contributed by atoms with Crippen LogP contribution in [0.2, 0.25) is 5.02 Å². The Morgan fingerprint density at radius 3 is 2.28 bits per heavy atom. The maximum atomic E-state index is 6.17. The molecular weight excluding hydrogens is 378 g/mol. The number of anilines is 2. The van der Waals surface area contributed by atoms with Crippen molar-refractivity contribution in [1.82, 2.24) is 4.57 Å². The summed E-state index contributed by atoms with van der Waals surface area (Å²) >= 11 is 6.17. The number of hydrogen-bond acceptors (Lipinski definition) is 2. The minimum atomic E-state index is 0.731. The Balaban J connectivity index is 1.53. The van der Waals surface area contributed by atoms with Gasteiger partial charge in [-0.05, 0) is 74.5 Å². The lowest BCUT2D eigenvalue weighted by Crippen LogP contribution is -1.99. The molecule has 4 aromatic rings. The third kappa shape index (κ3) is 4.41. The number of aryl methyl sites for hydroxylation is 1. The zero-order valence-corrected chi connectivity index (χ0v) is 17.2. The molecular formula is C25H22ClN3. The number of hydrogen-bond donors (Lipinski definition) is 1. The summed E-state index contributed by atoms with van der Waals surface area (Å²) in [6.07, 6.45) is 1.92. The minimum Gasteiger partial charge on any atom is -0.356 e. The molecule has 0 fully saturated rings. The Hall–Kier alpha value is -3.30. The molecule has 1 N–H and O–H groups in total. The summed E-state index contributed by atoms with van der Waals surface area (Å²) in [5.74, 6) is 0. The van der Waals surface area contributed by atoms with Crippen LogP contribution in [-0.4, -0.2) is 10.8 Å². The van der Waals surface area contributed by atoms with Gasteiger partial charge in [-0.2, -0.15) is 0 Å². The average Bonchev–Trinajstić information content (AvgIpc) is 3.01. The van der Waals surface area contributed by atoms with Crippen molar-refractivity contribution in [3.05, 3.63) is 107 Å². The molecule has 144 valence electrons. The lowest BCUT2D eigenvalue weighted by atomic mass is 10.2. The van der Waals surface area contributed by atoms with E-state index in [0.717, 1.165) is 44.7 Å². The van der Waals surface area contributed by atoms with Gasteiger partial charge in [0.15, 0.2) is 0 Å². The number of benzene rings is 3. The van der Waals surface area contributed by atoms with Gasteiger partial charge in [-0.3, -0.25) is 4.99 Å². The smallest absolute Gasteiger partial charge is 0.0631 e. The highest BCUT2D eigenvalue weighted by Crippen LogP contribution is 2.24. The van der Waals surface area contributed by atoms with E-state index in [1.165, 1.54) is 0 Å². The number of nitrogens with one attached hydrogen (secondary N) is 1. The van der Waals surface area contributed by atoms with Crippen LogP contribution in [0.1, 0.15) is 17.0 Å². The van der Waals surface area contributed by atoms with Gasteiger partial charge in [0, 0.05) is 45.3 Å². The first-order chi connectivity index (χ1) is 14.1. The van der Waals surface area contributed by atoms with E-state index in [2.05, 4.69) is 40.9 Å². The first-order valence-electron chi connectivity index (χ1n) is 9.51. The Morgan fingerprint density at radius 2 is 1.55 bits per heavy atom. The number of rotatable bonds is 5. The van der Waals surface area contributed by atoms with Gasteiger partial charge in [-0.1, -0.05) is 35.9 Å². The molecule has 0 bridgehead atoms. The van der Waals surface area contributed by atoms with Crippen molar-refractivity contribution in [2.75, 3.05) is 5.32 Å². The van der Waals surface area contributed by atoms with Crippen LogP contribution in [-0.2, 0) is 0 Å². The van der Waals surface area contributed by atoms with Crippen LogP contribution < -0.4 is 5.32 Å². The summed E-state index contributed by atoms with van der Waals surface area (Å²) in [7, 11) is 0. The SMILES string of the molecule is Cc1cc(C=Nc2ccc(Nc3ccccc3)cc2)c(C)n1-c1cccc(Cl)c1. The van der Waals surface area contributed by atoms with Crippen LogP contribution in [0.4, 0.5) is 17.1 Å². The van der Waals surface area contributed by atoms with Gasteiger partial charge < -0.3 is 9.88 Å². The van der Waals surface area contributed by atoms with Gasteiger partial charge in [0.05, 0.1) is 5.69 Å². The molecule has 0 saturated heterocycles. The van der Waals surface area contributed by atoms with Crippen LogP contribution in [0.15, 0.2) is 89.9 Å². The third-order valence-electron chi connectivity index (χ3n) is 4.82. The van der Waals surface area contributed by atoms with E-state index in [9.17, 15) is 0 Å². The largest absolute Gasteiger partial charge is 0.356 e. The van der Waals surface area contributed by atoms with Crippen molar-refractivity contribution in [3.8, 4) is 5.69 Å². The molecule has 0 amide bonds. The standard InChI is InChI=1S/C25H22ClN3/c1-18-15-20(19(2)29(18)25-10-6-7-21(26)16-25)17-27-22-11-13-24(14-12-22)28-23-8-4-3-5-9-23/h3-17,28H,1-2H3. The lowest BCUT2D eigenvalue weighted by Gasteiger charge is -2.09. The summed E-state index contributed by atoms with van der Waals surface area (Å²) in [4.78, 5) is 4.66. The van der Waals surface area contributed by atoms with E-state index in [-0.39, 0.29) is 0 Å². The fourth-order valence-corrected chi connectivity index (χ4v) is 3.58. The molecule has 3 nitrogen and oxygen atoms in total. The van der Waals surface area contributed by atoms with Gasteiger partial charge in [0.1, 0.15) is 0 Å². The van der Waals surface area contributed by atoms with Crippen molar-refractivity contribution >= 4 is 34.9 Å². The van der Waals surface area contributed by atoms with E-state index in [1.54, 1.807) is 0 Å². The molecule has 0 radical (unpaired) electrons. The second kappa shape index (κ2) is 8.38. The first kappa shape index (κ1) is 19.0. The van der Waals surface area contributed by atoms with E-state index in [4.69, 9.17) is 11.6 Å². The van der Waals surface area contributed by atoms with Gasteiger partial charge in [-0.25, -0.2) is 0 Å². The average molecular weight is 400 g/mol. The second-order valence-corrected chi connectivity index (χ2v) is 7.37. The van der Waals surface area contributed by atoms with Gasteiger partial charge in [0.25, 0.3) is 0 Å². The van der Waals surface area contributed by atoms with Crippen molar-refractivity contribution < 1.29 is 0 Å². The van der Waals surface area contributed by atoms with Crippen molar-refractivity contribution in [3.63, 3.8) is 0 Å². The van der Waals surface area contributed by atoms with Crippen LogP contribution in [0, 0.1) is 13.8 Å². The molecule has 3 aromatic carbocycles. The van der Waals surface area contributed by atoms with Crippen LogP contribution in [0.5, 0.6) is 0 Å². The second-order valence-electron chi connectivity index (χ2n) is 6.94. The number of halogens is 1. The Kier molecular flexibility index (Phi) is 5.50. The molecule has 4 heteroatoms. The van der Waals surface area contributed by atoms with Crippen molar-refractivity contribution in [2.45, 2.75) is 13.8 Å². The summed E-state index contributed by atoms with van der Waals surface area (Å²) in [5, 5.41) is 4.11. The number of nitrogens with zero attached hydrogens (tertiary/aromatic N) is 2. The fraction of sp³-hybridized carbons (Fsp3) is 0.0800. The molecule has 0 aliphatic heterocycles. The zero-order valence-electron chi connectivity index (χ0n) is 16.4. The lowest BCUT2D eigenvalue weighted by molar-refractivity contribution is 0.965. The van der Waals surface area contributed by atoms with E-state index in [1.807, 2.05) is 79.0 Å². The van der Waals surface area contributed by atoms with Crippen molar-refractivity contribution in [1.29, 1.82) is 0 Å². The highest BCUT2D eigenvalue weighted by molar-refractivity contribution is 6.30. The molecule has 0 unspecified atom stereocenters. The molecule has 0 aliphatic carbocycles. The van der Waals surface area contributed by atoms with Gasteiger partial charge in [0.2, 0.25) is 0 Å². The fourth-order valence-electron chi connectivity index (χ4n) is 3.39. The quantitative estimate of drug-likeness (QED) is 0.352. The first-order valence-corrected chi connectivity index (χ1v) is 9.89. The Morgan fingerprint density at radius 1 is 0.828 bits per heavy atom. The van der Waals surface area contributed by atoms with Crippen LogP contribution in [0.25, 0.3) is 5.69 Å². The highest BCUT2D eigenvalue weighted by Gasteiger charge is 2.09. The normalized spacial score (nSPS) is 11.1. The van der Waals surface area contributed by atoms with Crippen LogP contribution >= 0.6 is 11.6 Å². The van der Waals surface area contributed by atoms with E-state index in [0.29, 0.717) is 0 Å². The van der Waals surface area contributed by atoms with Gasteiger partial charge in [-0.15, -0.1) is 0 Å². The molecule has 0 spiro atoms. The predicted octanol–water partition coefficient (Wildman–Crippen LogP) is 7.24. The number of para-hydroxylation sites is 1. The van der Waals surface area contributed by atoms with Gasteiger partial charge >= 0.3 is 0 Å². The maximum absolute atomic E-state index is 6.17. The molecule has 4 rings (SSSR count). The summed E-state index contributed by atoms with van der Waals surface area (Å²) in [6.45, 7) is 4.19. The molecule has 0 atom stereocenters. The molecule has 29 heavy (non-hydrogen) atoms.